The van der Waals surface area contributed by atoms with Crippen LogP contribution < -0.4 is 5.73 Å². The van der Waals surface area contributed by atoms with Crippen LogP contribution in [-0.2, 0) is 9.59 Å². The van der Waals surface area contributed by atoms with Crippen LogP contribution in [0.5, 0.6) is 0 Å². The van der Waals surface area contributed by atoms with Crippen molar-refractivity contribution in [1.29, 1.82) is 0 Å². The van der Waals surface area contributed by atoms with E-state index in [0.29, 0.717) is 13.0 Å². The average Bonchev–Trinajstić information content (AvgIpc) is 3.02. The molecule has 24 heavy (non-hydrogen) atoms. The van der Waals surface area contributed by atoms with Crippen molar-refractivity contribution in [3.8, 4) is 0 Å². The van der Waals surface area contributed by atoms with Gasteiger partial charge < -0.3 is 15.7 Å². The van der Waals surface area contributed by atoms with Gasteiger partial charge in [-0.15, -0.1) is 11.8 Å². The third kappa shape index (κ3) is 4.02. The number of nitro groups is 1. The molecule has 0 saturated carbocycles. The maximum Gasteiger partial charge on any atom is 0.308 e. The number of carbonyl (C=O) groups excluding carboxylic acids is 2. The lowest BCUT2D eigenvalue weighted by molar-refractivity contribution is -0.387. The van der Waals surface area contributed by atoms with Crippen molar-refractivity contribution in [3.05, 3.63) is 33.9 Å². The summed E-state index contributed by atoms with van der Waals surface area (Å²) in [6, 6.07) is 3.81. The van der Waals surface area contributed by atoms with Gasteiger partial charge in [0.25, 0.3) is 5.69 Å². The standard InChI is InChI=1S/C14H15N3O6S/c15-13(19)8-1-2-11(10(5-8)17(22)23)24-7-12(18)16-4-3-9(6-16)14(20)21/h1-2,5,9H,3-4,6-7H2,(H2,15,19)(H,20,21). The Balaban J connectivity index is 2.04. The number of thioether (sulfide) groups is 1. The summed E-state index contributed by atoms with van der Waals surface area (Å²) in [5, 5.41) is 20.0. The number of carboxylic acids is 1. The molecular formula is C14H15N3O6S. The molecule has 9 nitrogen and oxygen atoms in total. The van der Waals surface area contributed by atoms with E-state index in [-0.39, 0.29) is 34.4 Å². The third-order valence-corrected chi connectivity index (χ3v) is 4.73. The average molecular weight is 353 g/mol. The van der Waals surface area contributed by atoms with Gasteiger partial charge in [-0.25, -0.2) is 0 Å². The molecule has 128 valence electrons. The van der Waals surface area contributed by atoms with Crippen molar-refractivity contribution >= 4 is 35.2 Å². The van der Waals surface area contributed by atoms with Crippen LogP contribution in [-0.4, -0.2) is 51.6 Å². The van der Waals surface area contributed by atoms with E-state index >= 15 is 0 Å². The lowest BCUT2D eigenvalue weighted by Crippen LogP contribution is -2.31. The summed E-state index contributed by atoms with van der Waals surface area (Å²) in [7, 11) is 0. The van der Waals surface area contributed by atoms with E-state index in [9.17, 15) is 24.5 Å². The zero-order valence-corrected chi connectivity index (χ0v) is 13.3. The van der Waals surface area contributed by atoms with Crippen LogP contribution in [0.15, 0.2) is 23.1 Å². The first kappa shape index (κ1) is 17.7. The molecule has 1 aliphatic heterocycles. The fraction of sp³-hybridized carbons (Fsp3) is 0.357. The number of nitro benzene ring substituents is 1. The quantitative estimate of drug-likeness (QED) is 0.435. The second-order valence-corrected chi connectivity index (χ2v) is 6.27. The number of rotatable bonds is 6. The molecule has 1 aliphatic rings. The Morgan fingerprint density at radius 1 is 1.42 bits per heavy atom. The van der Waals surface area contributed by atoms with Gasteiger partial charge in [-0.2, -0.15) is 0 Å². The number of hydrogen-bond acceptors (Lipinski definition) is 6. The predicted molar refractivity (Wildman–Crippen MR) is 84.7 cm³/mol. The normalized spacial score (nSPS) is 16.8. The Hall–Kier alpha value is -2.62. The molecule has 1 aromatic carbocycles. The van der Waals surface area contributed by atoms with Gasteiger partial charge in [0.2, 0.25) is 11.8 Å². The Morgan fingerprint density at radius 2 is 2.12 bits per heavy atom. The Kier molecular flexibility index (Phi) is 5.39. The Morgan fingerprint density at radius 3 is 2.67 bits per heavy atom. The highest BCUT2D eigenvalue weighted by Crippen LogP contribution is 2.30. The van der Waals surface area contributed by atoms with Gasteiger partial charge in [0.1, 0.15) is 0 Å². The lowest BCUT2D eigenvalue weighted by Gasteiger charge is -2.15. The van der Waals surface area contributed by atoms with E-state index in [1.807, 2.05) is 0 Å². The maximum atomic E-state index is 12.1. The lowest BCUT2D eigenvalue weighted by atomic mass is 10.1. The van der Waals surface area contributed by atoms with Crippen molar-refractivity contribution in [1.82, 2.24) is 4.90 Å². The summed E-state index contributed by atoms with van der Waals surface area (Å²) >= 11 is 0.968. The van der Waals surface area contributed by atoms with E-state index in [1.165, 1.54) is 17.0 Å². The topological polar surface area (TPSA) is 144 Å². The fourth-order valence-electron chi connectivity index (χ4n) is 2.35. The predicted octanol–water partition coefficient (Wildman–Crippen LogP) is 0.719. The molecule has 1 fully saturated rings. The highest BCUT2D eigenvalue weighted by Gasteiger charge is 2.31. The molecule has 0 spiro atoms. The van der Waals surface area contributed by atoms with Crippen molar-refractivity contribution < 1.29 is 24.4 Å². The molecule has 1 saturated heterocycles. The molecule has 0 bridgehead atoms. The summed E-state index contributed by atoms with van der Waals surface area (Å²) in [4.78, 5) is 46.2. The first-order valence-corrected chi connectivity index (χ1v) is 7.99. The van der Waals surface area contributed by atoms with E-state index in [1.54, 1.807) is 0 Å². The number of nitrogens with zero attached hydrogens (tertiary/aromatic N) is 2. The number of aliphatic carboxylic acids is 1. The zero-order valence-electron chi connectivity index (χ0n) is 12.5. The zero-order chi connectivity index (χ0) is 17.9. The summed E-state index contributed by atoms with van der Waals surface area (Å²) in [5.74, 6) is -2.61. The van der Waals surface area contributed by atoms with Crippen LogP contribution in [0.3, 0.4) is 0 Å². The second kappa shape index (κ2) is 7.30. The van der Waals surface area contributed by atoms with Crippen molar-refractivity contribution in [2.45, 2.75) is 11.3 Å². The van der Waals surface area contributed by atoms with Gasteiger partial charge in [0.05, 0.1) is 21.5 Å². The second-order valence-electron chi connectivity index (χ2n) is 5.26. The molecule has 1 aromatic rings. The molecule has 0 aromatic heterocycles. The summed E-state index contributed by atoms with van der Waals surface area (Å²) < 4.78 is 0. The first-order valence-electron chi connectivity index (χ1n) is 7.01. The Labute approximate surface area is 140 Å². The van der Waals surface area contributed by atoms with Gasteiger partial charge >= 0.3 is 5.97 Å². The van der Waals surface area contributed by atoms with Crippen molar-refractivity contribution in [2.75, 3.05) is 18.8 Å². The Bertz CT molecular complexity index is 708. The number of nitrogens with two attached hydrogens (primary N) is 1. The maximum absolute atomic E-state index is 12.1. The van der Waals surface area contributed by atoms with E-state index in [0.717, 1.165) is 17.8 Å². The van der Waals surface area contributed by atoms with E-state index < -0.39 is 22.7 Å². The van der Waals surface area contributed by atoms with E-state index in [2.05, 4.69) is 0 Å². The van der Waals surface area contributed by atoms with Crippen LogP contribution in [0.1, 0.15) is 16.8 Å². The van der Waals surface area contributed by atoms with Gasteiger partial charge in [-0.05, 0) is 18.6 Å². The number of likely N-dealkylation sites (tertiary alicyclic amines) is 1. The van der Waals surface area contributed by atoms with Crippen LogP contribution in [0.25, 0.3) is 0 Å². The molecule has 0 aliphatic carbocycles. The highest BCUT2D eigenvalue weighted by atomic mass is 32.2. The first-order chi connectivity index (χ1) is 11.3. The monoisotopic (exact) mass is 353 g/mol. The van der Waals surface area contributed by atoms with Gasteiger partial charge in [0.15, 0.2) is 0 Å². The number of amides is 2. The summed E-state index contributed by atoms with van der Waals surface area (Å²) in [5.41, 5.74) is 4.82. The SMILES string of the molecule is NC(=O)c1ccc(SCC(=O)N2CCC(C(=O)O)C2)c([N+](=O)[O-])c1. The number of primary amides is 1. The van der Waals surface area contributed by atoms with Crippen molar-refractivity contribution in [3.63, 3.8) is 0 Å². The van der Waals surface area contributed by atoms with Gasteiger partial charge in [-0.1, -0.05) is 0 Å². The van der Waals surface area contributed by atoms with Crippen LogP contribution in [0, 0.1) is 16.0 Å². The molecule has 1 heterocycles. The molecule has 2 amide bonds. The minimum Gasteiger partial charge on any atom is -0.481 e. The molecule has 1 atom stereocenters. The smallest absolute Gasteiger partial charge is 0.308 e. The molecule has 10 heteroatoms. The number of hydrogen-bond donors (Lipinski definition) is 2. The molecule has 3 N–H and O–H groups in total. The summed E-state index contributed by atoms with van der Waals surface area (Å²) in [6.07, 6.45) is 0.402. The number of carbonyl (C=O) groups is 3. The van der Waals surface area contributed by atoms with Gasteiger partial charge in [0, 0.05) is 24.7 Å². The molecule has 1 unspecified atom stereocenters. The van der Waals surface area contributed by atoms with Crippen LogP contribution in [0.4, 0.5) is 5.69 Å². The van der Waals surface area contributed by atoms with Crippen molar-refractivity contribution in [2.24, 2.45) is 11.7 Å². The molecular weight excluding hydrogens is 338 g/mol. The number of benzene rings is 1. The largest absolute Gasteiger partial charge is 0.481 e. The molecule has 0 radical (unpaired) electrons. The minimum atomic E-state index is -0.935. The fourth-order valence-corrected chi connectivity index (χ4v) is 3.26. The van der Waals surface area contributed by atoms with Crippen LogP contribution >= 0.6 is 11.8 Å². The number of carboxylic acid groups (broad SMARTS) is 1. The van der Waals surface area contributed by atoms with Gasteiger partial charge in [-0.3, -0.25) is 24.5 Å². The third-order valence-electron chi connectivity index (χ3n) is 3.68. The highest BCUT2D eigenvalue weighted by molar-refractivity contribution is 8.00. The summed E-state index contributed by atoms with van der Waals surface area (Å²) in [6.45, 7) is 0.510. The van der Waals surface area contributed by atoms with E-state index in [4.69, 9.17) is 10.8 Å². The molecule has 2 rings (SSSR count). The minimum absolute atomic E-state index is 0.0150. The van der Waals surface area contributed by atoms with Crippen LogP contribution in [0.2, 0.25) is 0 Å².